The molecule has 2 aromatic rings. The highest BCUT2D eigenvalue weighted by Crippen LogP contribution is 2.13. The molecule has 0 N–H and O–H groups in total. The molecule has 0 atom stereocenters. The van der Waals surface area contributed by atoms with E-state index in [1.165, 1.54) is 5.56 Å². The SMILES string of the molecule is CCCn1c(CCc2ccc(OC)cc2)nn(CC)c1=O. The monoisotopic (exact) mass is 289 g/mol. The average Bonchev–Trinajstić information content (AvgIpc) is 2.82. The molecule has 0 unspecified atom stereocenters. The quantitative estimate of drug-likeness (QED) is 0.785. The lowest BCUT2D eigenvalue weighted by atomic mass is 10.1. The highest BCUT2D eigenvalue weighted by atomic mass is 16.5. The third kappa shape index (κ3) is 3.54. The summed E-state index contributed by atoms with van der Waals surface area (Å²) in [5.74, 6) is 1.73. The zero-order valence-electron chi connectivity index (χ0n) is 13.0. The van der Waals surface area contributed by atoms with Gasteiger partial charge in [0.1, 0.15) is 11.6 Å². The van der Waals surface area contributed by atoms with Gasteiger partial charge in [0.05, 0.1) is 7.11 Å². The summed E-state index contributed by atoms with van der Waals surface area (Å²) >= 11 is 0. The lowest BCUT2D eigenvalue weighted by molar-refractivity contribution is 0.414. The number of aromatic nitrogens is 3. The molecule has 0 saturated carbocycles. The van der Waals surface area contributed by atoms with Gasteiger partial charge in [0.2, 0.25) is 0 Å². The summed E-state index contributed by atoms with van der Waals surface area (Å²) in [6.07, 6.45) is 2.58. The first kappa shape index (κ1) is 15.4. The summed E-state index contributed by atoms with van der Waals surface area (Å²) in [5.41, 5.74) is 1.22. The lowest BCUT2D eigenvalue weighted by Gasteiger charge is -2.05. The van der Waals surface area contributed by atoms with Crippen LogP contribution in [0.3, 0.4) is 0 Å². The van der Waals surface area contributed by atoms with Crippen molar-refractivity contribution in [1.82, 2.24) is 14.3 Å². The molecule has 21 heavy (non-hydrogen) atoms. The van der Waals surface area contributed by atoms with Crippen LogP contribution >= 0.6 is 0 Å². The van der Waals surface area contributed by atoms with Gasteiger partial charge in [-0.25, -0.2) is 9.48 Å². The Hall–Kier alpha value is -2.04. The molecule has 0 spiro atoms. The van der Waals surface area contributed by atoms with Crippen LogP contribution in [0, 0.1) is 0 Å². The molecule has 0 aliphatic heterocycles. The Labute approximate surface area is 125 Å². The van der Waals surface area contributed by atoms with E-state index in [1.54, 1.807) is 16.4 Å². The standard InChI is InChI=1S/C16H23N3O2/c1-4-12-18-15(17-19(5-2)16(18)20)11-8-13-6-9-14(21-3)10-7-13/h6-7,9-10H,4-5,8,11-12H2,1-3H3. The van der Waals surface area contributed by atoms with E-state index >= 15 is 0 Å². The summed E-state index contributed by atoms with van der Waals surface area (Å²) in [4.78, 5) is 12.2. The first-order valence-corrected chi connectivity index (χ1v) is 7.49. The predicted octanol–water partition coefficient (Wildman–Crippen LogP) is 2.27. The number of hydrogen-bond donors (Lipinski definition) is 0. The van der Waals surface area contributed by atoms with Crippen molar-refractivity contribution >= 4 is 0 Å². The Balaban J connectivity index is 2.13. The first-order chi connectivity index (χ1) is 10.2. The molecule has 0 fully saturated rings. The van der Waals surface area contributed by atoms with Crippen LogP contribution < -0.4 is 10.4 Å². The van der Waals surface area contributed by atoms with Crippen molar-refractivity contribution in [2.45, 2.75) is 46.2 Å². The summed E-state index contributed by atoms with van der Waals surface area (Å²) in [7, 11) is 1.66. The Morgan fingerprint density at radius 2 is 1.86 bits per heavy atom. The number of benzene rings is 1. The highest BCUT2D eigenvalue weighted by Gasteiger charge is 2.11. The van der Waals surface area contributed by atoms with E-state index in [9.17, 15) is 4.79 Å². The van der Waals surface area contributed by atoms with Crippen LogP contribution in [0.1, 0.15) is 31.7 Å². The second-order valence-corrected chi connectivity index (χ2v) is 5.01. The van der Waals surface area contributed by atoms with Crippen LogP contribution in [-0.2, 0) is 25.9 Å². The number of nitrogens with zero attached hydrogens (tertiary/aromatic N) is 3. The summed E-state index contributed by atoms with van der Waals surface area (Å²) in [5, 5.41) is 4.44. The molecule has 2 rings (SSSR count). The number of rotatable bonds is 7. The van der Waals surface area contributed by atoms with Crippen molar-refractivity contribution < 1.29 is 4.74 Å². The molecule has 5 nitrogen and oxygen atoms in total. The third-order valence-electron chi connectivity index (χ3n) is 3.54. The van der Waals surface area contributed by atoms with Crippen molar-refractivity contribution in [2.75, 3.05) is 7.11 Å². The molecule has 1 aromatic carbocycles. The Morgan fingerprint density at radius 1 is 1.14 bits per heavy atom. The Kier molecular flexibility index (Phi) is 5.20. The number of ether oxygens (including phenoxy) is 1. The van der Waals surface area contributed by atoms with Gasteiger partial charge in [0, 0.05) is 19.5 Å². The molecule has 0 aliphatic rings. The topological polar surface area (TPSA) is 49.0 Å². The smallest absolute Gasteiger partial charge is 0.345 e. The predicted molar refractivity (Wildman–Crippen MR) is 82.9 cm³/mol. The van der Waals surface area contributed by atoms with Gasteiger partial charge in [0.15, 0.2) is 0 Å². The third-order valence-corrected chi connectivity index (χ3v) is 3.54. The fourth-order valence-corrected chi connectivity index (χ4v) is 2.37. The van der Waals surface area contributed by atoms with E-state index in [4.69, 9.17) is 4.74 Å². The average molecular weight is 289 g/mol. The van der Waals surface area contributed by atoms with Gasteiger partial charge in [0.25, 0.3) is 0 Å². The van der Waals surface area contributed by atoms with E-state index in [-0.39, 0.29) is 5.69 Å². The van der Waals surface area contributed by atoms with Crippen LogP contribution in [-0.4, -0.2) is 21.5 Å². The van der Waals surface area contributed by atoms with Crippen LogP contribution in [0.2, 0.25) is 0 Å². The Bertz CT molecular complexity index is 626. The maximum atomic E-state index is 12.2. The number of hydrogen-bond acceptors (Lipinski definition) is 3. The van der Waals surface area contributed by atoms with E-state index in [0.717, 1.165) is 37.4 Å². The minimum Gasteiger partial charge on any atom is -0.497 e. The fraction of sp³-hybridized carbons (Fsp3) is 0.500. The summed E-state index contributed by atoms with van der Waals surface area (Å²) in [6.45, 7) is 5.36. The molecule has 1 heterocycles. The van der Waals surface area contributed by atoms with Crippen LogP contribution in [0.5, 0.6) is 5.75 Å². The number of methoxy groups -OCH3 is 1. The van der Waals surface area contributed by atoms with Crippen molar-refractivity contribution in [2.24, 2.45) is 0 Å². The molecule has 0 aliphatic carbocycles. The molecule has 0 bridgehead atoms. The van der Waals surface area contributed by atoms with Crippen molar-refractivity contribution in [3.05, 3.63) is 46.1 Å². The van der Waals surface area contributed by atoms with Gasteiger partial charge in [-0.1, -0.05) is 19.1 Å². The van der Waals surface area contributed by atoms with Crippen LogP contribution in [0.4, 0.5) is 0 Å². The van der Waals surface area contributed by atoms with Gasteiger partial charge in [-0.15, -0.1) is 0 Å². The van der Waals surface area contributed by atoms with Gasteiger partial charge in [-0.05, 0) is 37.5 Å². The first-order valence-electron chi connectivity index (χ1n) is 7.49. The van der Waals surface area contributed by atoms with Crippen molar-refractivity contribution in [3.63, 3.8) is 0 Å². The highest BCUT2D eigenvalue weighted by molar-refractivity contribution is 5.27. The molecule has 0 saturated heterocycles. The van der Waals surface area contributed by atoms with Crippen molar-refractivity contribution in [1.29, 1.82) is 0 Å². The maximum Gasteiger partial charge on any atom is 0.345 e. The fourth-order valence-electron chi connectivity index (χ4n) is 2.37. The molecule has 5 heteroatoms. The largest absolute Gasteiger partial charge is 0.497 e. The van der Waals surface area contributed by atoms with E-state index < -0.39 is 0 Å². The normalized spacial score (nSPS) is 10.8. The van der Waals surface area contributed by atoms with Gasteiger partial charge >= 0.3 is 5.69 Å². The summed E-state index contributed by atoms with van der Waals surface area (Å²) < 4.78 is 8.49. The minimum atomic E-state index is 0.00378. The zero-order valence-corrected chi connectivity index (χ0v) is 13.0. The van der Waals surface area contributed by atoms with Gasteiger partial charge in [-0.3, -0.25) is 4.57 Å². The maximum absolute atomic E-state index is 12.2. The second-order valence-electron chi connectivity index (χ2n) is 5.01. The molecular weight excluding hydrogens is 266 g/mol. The summed E-state index contributed by atoms with van der Waals surface area (Å²) in [6, 6.07) is 8.02. The zero-order chi connectivity index (χ0) is 15.2. The molecular formula is C16H23N3O2. The van der Waals surface area contributed by atoms with Crippen LogP contribution in [0.15, 0.2) is 29.1 Å². The van der Waals surface area contributed by atoms with Gasteiger partial charge in [-0.2, -0.15) is 5.10 Å². The minimum absolute atomic E-state index is 0.00378. The van der Waals surface area contributed by atoms with Crippen molar-refractivity contribution in [3.8, 4) is 5.75 Å². The Morgan fingerprint density at radius 3 is 2.43 bits per heavy atom. The lowest BCUT2D eigenvalue weighted by Crippen LogP contribution is -2.25. The van der Waals surface area contributed by atoms with E-state index in [1.807, 2.05) is 19.1 Å². The van der Waals surface area contributed by atoms with Gasteiger partial charge < -0.3 is 4.74 Å². The number of aryl methyl sites for hydroxylation is 3. The molecule has 0 radical (unpaired) electrons. The van der Waals surface area contributed by atoms with Crippen LogP contribution in [0.25, 0.3) is 0 Å². The molecule has 1 aromatic heterocycles. The van der Waals surface area contributed by atoms with E-state index in [0.29, 0.717) is 6.54 Å². The molecule has 114 valence electrons. The van der Waals surface area contributed by atoms with E-state index in [2.05, 4.69) is 24.2 Å². The molecule has 0 amide bonds. The second kappa shape index (κ2) is 7.11.